The van der Waals surface area contributed by atoms with Gasteiger partial charge in [-0.1, -0.05) is 0 Å². The Morgan fingerprint density at radius 3 is 2.35 bits per heavy atom. The number of nitrogens with zero attached hydrogens (tertiary/aromatic N) is 3. The van der Waals surface area contributed by atoms with E-state index < -0.39 is 43.5 Å². The molecule has 0 saturated carbocycles. The summed E-state index contributed by atoms with van der Waals surface area (Å²) in [5, 5.41) is 7.71. The summed E-state index contributed by atoms with van der Waals surface area (Å²) < 4.78 is 65.8. The van der Waals surface area contributed by atoms with Crippen LogP contribution in [0.1, 0.15) is 35.4 Å². The fourth-order valence-electron chi connectivity index (χ4n) is 4.65. The molecule has 1 saturated heterocycles. The van der Waals surface area contributed by atoms with Crippen LogP contribution in [0.15, 0.2) is 59.5 Å². The molecule has 3 heterocycles. The molecule has 1 aliphatic heterocycles. The van der Waals surface area contributed by atoms with Crippen molar-refractivity contribution in [3.8, 4) is 11.3 Å². The minimum Gasteiger partial charge on any atom is -0.322 e. The van der Waals surface area contributed by atoms with Crippen molar-refractivity contribution >= 4 is 48.4 Å². The average molecular weight is 586 g/mol. The van der Waals surface area contributed by atoms with Crippen LogP contribution >= 0.6 is 0 Å². The highest BCUT2D eigenvalue weighted by Gasteiger charge is 2.32. The van der Waals surface area contributed by atoms with Crippen LogP contribution in [0.2, 0.25) is 0 Å². The maximum Gasteiger partial charge on any atom is 0.264 e. The Hall–Kier alpha value is -4.17. The molecular formula is C26H24FN5O6S2. The number of benzene rings is 2. The second kappa shape index (κ2) is 10.1. The lowest BCUT2D eigenvalue weighted by Gasteiger charge is -2.13. The second-order valence-corrected chi connectivity index (χ2v) is 13.4. The number of carbonyl (C=O) groups is 2. The number of carbonyl (C=O) groups excluding carboxylic acids is 2. The van der Waals surface area contributed by atoms with Crippen LogP contribution in [0.4, 0.5) is 10.1 Å². The molecule has 2 N–H and O–H groups in total. The predicted octanol–water partition coefficient (Wildman–Crippen LogP) is 2.98. The van der Waals surface area contributed by atoms with Gasteiger partial charge < -0.3 is 5.32 Å². The fourth-order valence-corrected chi connectivity index (χ4v) is 7.33. The Bertz CT molecular complexity index is 1870. The number of rotatable bonds is 6. The number of halogens is 1. The van der Waals surface area contributed by atoms with Gasteiger partial charge >= 0.3 is 0 Å². The van der Waals surface area contributed by atoms with Crippen LogP contribution in [-0.2, 0) is 24.7 Å². The Balaban J connectivity index is 1.57. The highest BCUT2D eigenvalue weighted by atomic mass is 32.2. The highest BCUT2D eigenvalue weighted by Crippen LogP contribution is 2.32. The van der Waals surface area contributed by atoms with Crippen molar-refractivity contribution < 1.29 is 30.8 Å². The van der Waals surface area contributed by atoms with Crippen LogP contribution in [0.25, 0.3) is 22.3 Å². The van der Waals surface area contributed by atoms with Crippen molar-refractivity contribution in [3.63, 3.8) is 0 Å². The molecular weight excluding hydrogens is 561 g/mol. The first-order valence-electron chi connectivity index (χ1n) is 12.1. The number of aromatic nitrogens is 3. The summed E-state index contributed by atoms with van der Waals surface area (Å²) in [5.41, 5.74) is 2.17. The van der Waals surface area contributed by atoms with Gasteiger partial charge in [0.2, 0.25) is 5.91 Å². The first-order valence-corrected chi connectivity index (χ1v) is 15.4. The van der Waals surface area contributed by atoms with Gasteiger partial charge in [-0.15, -0.1) is 0 Å². The lowest BCUT2D eigenvalue weighted by atomic mass is 10.0. The Labute approximate surface area is 229 Å². The Kier molecular flexibility index (Phi) is 6.92. The monoisotopic (exact) mass is 585 g/mol. The van der Waals surface area contributed by atoms with Crippen LogP contribution in [-0.4, -0.2) is 54.9 Å². The molecule has 0 aliphatic carbocycles. The van der Waals surface area contributed by atoms with E-state index in [1.54, 1.807) is 17.7 Å². The van der Waals surface area contributed by atoms with Crippen molar-refractivity contribution in [1.29, 1.82) is 0 Å². The number of sulfone groups is 1. The van der Waals surface area contributed by atoms with Gasteiger partial charge in [-0.05, 0) is 67.9 Å². The maximum atomic E-state index is 13.6. The molecule has 40 heavy (non-hydrogen) atoms. The van der Waals surface area contributed by atoms with Crippen LogP contribution in [0, 0.1) is 12.7 Å². The number of pyridine rings is 1. The van der Waals surface area contributed by atoms with Crippen LogP contribution in [0.5, 0.6) is 0 Å². The topological polar surface area (TPSA) is 157 Å². The van der Waals surface area contributed by atoms with Crippen molar-refractivity contribution in [3.05, 3.63) is 71.7 Å². The molecule has 14 heteroatoms. The first-order chi connectivity index (χ1) is 18.8. The van der Waals surface area contributed by atoms with E-state index in [4.69, 9.17) is 4.98 Å². The normalized spacial score (nSPS) is 16.6. The molecule has 1 fully saturated rings. The fraction of sp³-hybridized carbons (Fsp3) is 0.231. The molecule has 2 aromatic heterocycles. The summed E-state index contributed by atoms with van der Waals surface area (Å²) >= 11 is 0. The number of aryl methyl sites for hydroxylation is 1. The SMILES string of the molecule is CC(=O)NS(=O)(=O)c1ccc(NC(=O)c2cc(-c3ccc(F)cc3)nc3c2c(C)nn3C2CCS(=O)(=O)C2)cc1. The molecule has 2 amide bonds. The maximum absolute atomic E-state index is 13.6. The summed E-state index contributed by atoms with van der Waals surface area (Å²) in [6.07, 6.45) is 0.357. The summed E-state index contributed by atoms with van der Waals surface area (Å²) in [5.74, 6) is -1.79. The van der Waals surface area contributed by atoms with E-state index in [1.807, 2.05) is 4.72 Å². The zero-order valence-corrected chi connectivity index (χ0v) is 23.0. The number of sulfonamides is 1. The molecule has 2 aromatic carbocycles. The number of hydrogen-bond donors (Lipinski definition) is 2. The van der Waals surface area contributed by atoms with E-state index in [-0.39, 0.29) is 27.7 Å². The van der Waals surface area contributed by atoms with Gasteiger partial charge in [0.15, 0.2) is 15.5 Å². The van der Waals surface area contributed by atoms with Gasteiger partial charge in [-0.3, -0.25) is 9.59 Å². The molecule has 0 spiro atoms. The van der Waals surface area contributed by atoms with E-state index in [0.717, 1.165) is 6.92 Å². The molecule has 0 bridgehead atoms. The highest BCUT2D eigenvalue weighted by molar-refractivity contribution is 7.91. The van der Waals surface area contributed by atoms with Gasteiger partial charge in [-0.25, -0.2) is 35.6 Å². The molecule has 1 atom stereocenters. The van der Waals surface area contributed by atoms with Gasteiger partial charge in [0.25, 0.3) is 15.9 Å². The average Bonchev–Trinajstić information content (AvgIpc) is 3.42. The van der Waals surface area contributed by atoms with Crippen molar-refractivity contribution in [1.82, 2.24) is 19.5 Å². The minimum absolute atomic E-state index is 0.0245. The van der Waals surface area contributed by atoms with E-state index in [2.05, 4.69) is 10.4 Å². The van der Waals surface area contributed by atoms with Crippen molar-refractivity contribution in [2.45, 2.75) is 31.2 Å². The largest absolute Gasteiger partial charge is 0.322 e. The molecule has 4 aromatic rings. The molecule has 11 nitrogen and oxygen atoms in total. The van der Waals surface area contributed by atoms with Gasteiger partial charge in [0.05, 0.1) is 44.8 Å². The van der Waals surface area contributed by atoms with Gasteiger partial charge in [-0.2, -0.15) is 5.10 Å². The second-order valence-electron chi connectivity index (χ2n) is 9.49. The predicted molar refractivity (Wildman–Crippen MR) is 145 cm³/mol. The third-order valence-electron chi connectivity index (χ3n) is 6.48. The number of fused-ring (bicyclic) bond motifs is 1. The zero-order chi connectivity index (χ0) is 28.8. The Morgan fingerprint density at radius 2 is 1.75 bits per heavy atom. The van der Waals surface area contributed by atoms with Crippen molar-refractivity contribution in [2.24, 2.45) is 0 Å². The van der Waals surface area contributed by atoms with E-state index in [9.17, 15) is 30.8 Å². The number of anilines is 1. The summed E-state index contributed by atoms with van der Waals surface area (Å²) in [6, 6.07) is 11.9. The van der Waals surface area contributed by atoms with Gasteiger partial charge in [0, 0.05) is 18.2 Å². The first kappa shape index (κ1) is 27.4. The van der Waals surface area contributed by atoms with E-state index >= 15 is 0 Å². The molecule has 1 unspecified atom stereocenters. The zero-order valence-electron chi connectivity index (χ0n) is 21.4. The summed E-state index contributed by atoms with van der Waals surface area (Å²) in [4.78, 5) is 29.3. The quantitative estimate of drug-likeness (QED) is 0.350. The van der Waals surface area contributed by atoms with E-state index in [0.29, 0.717) is 34.4 Å². The smallest absolute Gasteiger partial charge is 0.264 e. The summed E-state index contributed by atoms with van der Waals surface area (Å²) in [6.45, 7) is 2.78. The number of nitrogens with one attached hydrogen (secondary N) is 2. The number of hydrogen-bond acceptors (Lipinski definition) is 8. The summed E-state index contributed by atoms with van der Waals surface area (Å²) in [7, 11) is -7.28. The van der Waals surface area contributed by atoms with E-state index in [1.165, 1.54) is 48.5 Å². The molecule has 0 radical (unpaired) electrons. The molecule has 5 rings (SSSR count). The van der Waals surface area contributed by atoms with Crippen molar-refractivity contribution in [2.75, 3.05) is 16.8 Å². The third-order valence-corrected chi connectivity index (χ3v) is 9.68. The van der Waals surface area contributed by atoms with Crippen LogP contribution < -0.4 is 10.0 Å². The third kappa shape index (κ3) is 5.45. The minimum atomic E-state index is -4.05. The Morgan fingerprint density at radius 1 is 1.07 bits per heavy atom. The van der Waals surface area contributed by atoms with Crippen LogP contribution in [0.3, 0.4) is 0 Å². The van der Waals surface area contributed by atoms with Gasteiger partial charge in [0.1, 0.15) is 5.82 Å². The number of amides is 2. The molecule has 1 aliphatic rings. The lowest BCUT2D eigenvalue weighted by Crippen LogP contribution is -2.28. The standard InChI is InChI=1S/C26H24FN5O6S2/c1-15-24-22(26(34)28-19-7-9-21(10-8-19)40(37,38)31-16(2)33)13-23(17-3-5-18(27)6-4-17)29-25(24)32(30-15)20-11-12-39(35,36)14-20/h3-10,13,20H,11-12,14H2,1-2H3,(H,28,34)(H,31,33). The lowest BCUT2D eigenvalue weighted by molar-refractivity contribution is -0.117. The molecule has 208 valence electrons.